The molecule has 7 fully saturated rings. The number of carbonyl (C=O) groups is 12. The van der Waals surface area contributed by atoms with E-state index in [-0.39, 0.29) is 102 Å². The summed E-state index contributed by atoms with van der Waals surface area (Å²) in [5.74, 6) is -10.2. The maximum atomic E-state index is 15.8. The average Bonchev–Trinajstić information content (AvgIpc) is 1.60. The topological polar surface area (TPSA) is 279 Å². The molecule has 0 aromatic heterocycles. The SMILES string of the molecule is COCC[C@@H]1NC(=O)[C@H](CC(C)C)N(C)C(=O)C[C@@H](C(=O)N2CCCCC2)N(C)C(=O)[C@H](C2CCCCC2)N(C)C(=O)C2(CCCC2)NC(=O)[C@@H]2CCCN2C(=O)[C@H](CCC2CCC(C(F)(F)F)C(Cl)C2)NC(=O)CN(C)C(=O)[C@H](CC2CCCCC2)N(C)C(=O)CN(C)C(=O)CN(C)C1=O. The maximum Gasteiger partial charge on any atom is 0.393 e. The molecule has 25 nitrogen and oxygen atoms in total. The third-order valence-corrected chi connectivity index (χ3v) is 23.4. The van der Waals surface area contributed by atoms with Crippen LogP contribution in [-0.2, 0) is 62.3 Å². The fraction of sp³-hybridized carbons (Fsp3) is 0.833. The van der Waals surface area contributed by atoms with Crippen molar-refractivity contribution in [3.05, 3.63) is 0 Å². The molecule has 0 aromatic rings. The number of piperidine rings is 1. The summed E-state index contributed by atoms with van der Waals surface area (Å²) in [6, 6.07) is -8.67. The molecule has 1 spiro atoms. The van der Waals surface area contributed by atoms with E-state index in [0.29, 0.717) is 58.0 Å². The largest absolute Gasteiger partial charge is 0.393 e. The van der Waals surface area contributed by atoms with E-state index in [2.05, 4.69) is 16.0 Å². The van der Waals surface area contributed by atoms with Crippen LogP contribution in [0.25, 0.3) is 0 Å². The Labute approximate surface area is 600 Å². The number of ether oxygens (including phenoxy) is 1. The number of methoxy groups -OCH3 is 1. The van der Waals surface area contributed by atoms with Crippen molar-refractivity contribution in [2.75, 3.05) is 102 Å². The highest BCUT2D eigenvalue weighted by Crippen LogP contribution is 2.44. The second kappa shape index (κ2) is 37.4. The Balaban J connectivity index is 1.27. The highest BCUT2D eigenvalue weighted by atomic mass is 35.5. The lowest BCUT2D eigenvalue weighted by atomic mass is 9.78. The zero-order valence-corrected chi connectivity index (χ0v) is 62.4. The molecular weight excluding hydrogens is 1330 g/mol. The van der Waals surface area contributed by atoms with Crippen molar-refractivity contribution in [1.29, 1.82) is 0 Å². The standard InChI is InChI=1S/C72H116ClF3N12O13/c1-46(2)39-55-63(93)78-53(32-38-101-10)65(95)82(5)44-60(91)80(3)45-61(92)84(7)56(41-47-23-14-11-15-24-47)67(97)81(4)43-58(89)77-52(31-29-48-28-30-50(51(73)40-48)72(74,75)76)66(96)88-37-22-27-54(88)64(94)79-71(33-18-19-34-71)70(100)86(9)62(49-25-16-12-17-26-49)69(99)85(8)57(42-59(90)83(55)6)68(98)87-35-20-13-21-36-87/h46-57,62H,11-45H2,1-10H3,(H,77,89)(H,78,93)(H,79,94)/t48?,50?,51?,52-,53-,54-,55-,56-,57-,62-/m0/s1. The van der Waals surface area contributed by atoms with Gasteiger partial charge in [-0.25, -0.2) is 0 Å². The van der Waals surface area contributed by atoms with Crippen LogP contribution in [-0.4, -0.2) is 277 Å². The summed E-state index contributed by atoms with van der Waals surface area (Å²) < 4.78 is 47.4. The van der Waals surface area contributed by atoms with Crippen molar-refractivity contribution >= 4 is 82.5 Å². The van der Waals surface area contributed by atoms with Crippen molar-refractivity contribution in [3.63, 3.8) is 0 Å². The van der Waals surface area contributed by atoms with Crippen LogP contribution in [0.2, 0.25) is 0 Å². The van der Waals surface area contributed by atoms with Gasteiger partial charge < -0.3 is 64.8 Å². The number of likely N-dealkylation sites (tertiary alicyclic amines) is 1. The molecule has 12 amide bonds. The van der Waals surface area contributed by atoms with Crippen LogP contribution >= 0.6 is 11.6 Å². The van der Waals surface area contributed by atoms with Gasteiger partial charge in [0.15, 0.2) is 0 Å². The Morgan fingerprint density at radius 3 is 1.78 bits per heavy atom. The molecule has 3 N–H and O–H groups in total. The Morgan fingerprint density at radius 1 is 0.574 bits per heavy atom. The summed E-state index contributed by atoms with van der Waals surface area (Å²) in [5, 5.41) is 7.54. The van der Waals surface area contributed by atoms with E-state index in [1.807, 2.05) is 13.8 Å². The first-order chi connectivity index (χ1) is 47.8. The second-order valence-corrected chi connectivity index (χ2v) is 31.3. The Morgan fingerprint density at radius 2 is 1.17 bits per heavy atom. The summed E-state index contributed by atoms with van der Waals surface area (Å²) in [5.41, 5.74) is -1.55. The molecular formula is C72H116ClF3N12O13. The molecule has 570 valence electrons. The highest BCUT2D eigenvalue weighted by molar-refractivity contribution is 6.21. The van der Waals surface area contributed by atoms with Gasteiger partial charge >= 0.3 is 6.18 Å². The number of halogens is 4. The lowest BCUT2D eigenvalue weighted by molar-refractivity contribution is -0.182. The molecule has 3 heterocycles. The first-order valence-corrected chi connectivity index (χ1v) is 37.7. The van der Waals surface area contributed by atoms with Crippen LogP contribution in [0, 0.1) is 29.6 Å². The van der Waals surface area contributed by atoms with Crippen LogP contribution in [0.5, 0.6) is 0 Å². The van der Waals surface area contributed by atoms with Crippen molar-refractivity contribution in [3.8, 4) is 0 Å². The van der Waals surface area contributed by atoms with E-state index in [9.17, 15) is 41.9 Å². The fourth-order valence-corrected chi connectivity index (χ4v) is 17.2. The van der Waals surface area contributed by atoms with Crippen LogP contribution in [0.4, 0.5) is 13.2 Å². The number of rotatable bonds is 12. The van der Waals surface area contributed by atoms with E-state index in [1.54, 1.807) is 4.90 Å². The number of likely N-dealkylation sites (N-methyl/N-ethyl adjacent to an activating group) is 7. The zero-order valence-electron chi connectivity index (χ0n) is 61.6. The molecule has 4 saturated carbocycles. The third kappa shape index (κ3) is 21.4. The van der Waals surface area contributed by atoms with E-state index in [4.69, 9.17) is 16.3 Å². The van der Waals surface area contributed by atoms with E-state index >= 15 is 28.8 Å². The minimum absolute atomic E-state index is 0.0000649. The molecule has 3 unspecified atom stereocenters. The van der Waals surface area contributed by atoms with Crippen LogP contribution in [0.3, 0.4) is 0 Å². The number of fused-ring (bicyclic) bond motifs is 1. The predicted octanol–water partition coefficient (Wildman–Crippen LogP) is 5.47. The van der Waals surface area contributed by atoms with Crippen molar-refractivity contribution in [1.82, 2.24) is 60.0 Å². The number of alkyl halides is 4. The summed E-state index contributed by atoms with van der Waals surface area (Å²) in [6.07, 6.45) is 7.35. The smallest absolute Gasteiger partial charge is 0.385 e. The van der Waals surface area contributed by atoms with Gasteiger partial charge in [-0.1, -0.05) is 78.1 Å². The van der Waals surface area contributed by atoms with Gasteiger partial charge in [0.1, 0.15) is 47.8 Å². The van der Waals surface area contributed by atoms with Gasteiger partial charge in [-0.3, -0.25) is 57.5 Å². The summed E-state index contributed by atoms with van der Waals surface area (Å²) >= 11 is 6.41. The molecule has 3 saturated heterocycles. The number of hydrogen-bond donors (Lipinski definition) is 3. The predicted molar refractivity (Wildman–Crippen MR) is 372 cm³/mol. The highest BCUT2D eigenvalue weighted by Gasteiger charge is 2.52. The van der Waals surface area contributed by atoms with Crippen LogP contribution in [0.1, 0.15) is 194 Å². The van der Waals surface area contributed by atoms with Crippen molar-refractivity contribution in [2.24, 2.45) is 29.6 Å². The first-order valence-electron chi connectivity index (χ1n) is 37.3. The van der Waals surface area contributed by atoms with Crippen LogP contribution in [0.15, 0.2) is 0 Å². The molecule has 0 aromatic carbocycles. The third-order valence-electron chi connectivity index (χ3n) is 22.9. The Hall–Kier alpha value is -6.32. The Bertz CT molecular complexity index is 2910. The van der Waals surface area contributed by atoms with Gasteiger partial charge in [0, 0.05) is 88.1 Å². The molecule has 7 rings (SSSR count). The molecule has 10 atom stereocenters. The molecule has 4 aliphatic carbocycles. The van der Waals surface area contributed by atoms with Crippen LogP contribution < -0.4 is 16.0 Å². The van der Waals surface area contributed by atoms with Gasteiger partial charge in [-0.15, -0.1) is 11.6 Å². The van der Waals surface area contributed by atoms with E-state index in [0.717, 1.165) is 72.5 Å². The fourth-order valence-electron chi connectivity index (χ4n) is 16.7. The molecule has 0 radical (unpaired) electrons. The second-order valence-electron chi connectivity index (χ2n) is 30.7. The van der Waals surface area contributed by atoms with Gasteiger partial charge in [0.05, 0.1) is 32.0 Å². The number of nitrogens with zero attached hydrogens (tertiary/aromatic N) is 9. The van der Waals surface area contributed by atoms with E-state index in [1.165, 1.54) is 80.9 Å². The summed E-state index contributed by atoms with van der Waals surface area (Å²) in [4.78, 5) is 191. The van der Waals surface area contributed by atoms with Gasteiger partial charge in [-0.2, -0.15) is 13.2 Å². The molecule has 29 heteroatoms. The summed E-state index contributed by atoms with van der Waals surface area (Å²) in [6.45, 7) is 2.87. The monoisotopic (exact) mass is 1450 g/mol. The first kappa shape index (κ1) is 82.0. The number of amides is 12. The minimum Gasteiger partial charge on any atom is -0.385 e. The number of nitrogens with one attached hydrogen (secondary N) is 3. The lowest BCUT2D eigenvalue weighted by Crippen LogP contribution is -2.65. The number of hydrogen-bond acceptors (Lipinski definition) is 13. The molecule has 0 bridgehead atoms. The normalized spacial score (nSPS) is 29.6. The van der Waals surface area contributed by atoms with Gasteiger partial charge in [-0.05, 0) is 133 Å². The van der Waals surface area contributed by atoms with Gasteiger partial charge in [0.2, 0.25) is 70.9 Å². The van der Waals surface area contributed by atoms with Gasteiger partial charge in [0.25, 0.3) is 0 Å². The molecule has 101 heavy (non-hydrogen) atoms. The lowest BCUT2D eigenvalue weighted by Gasteiger charge is -2.43. The van der Waals surface area contributed by atoms with E-state index < -0.39 is 168 Å². The zero-order chi connectivity index (χ0) is 74.2. The summed E-state index contributed by atoms with van der Waals surface area (Å²) in [7, 11) is 11.4. The number of carbonyl (C=O) groups excluding carboxylic acids is 12. The average molecular weight is 1450 g/mol. The quantitative estimate of drug-likeness (QED) is 0.205. The van der Waals surface area contributed by atoms with Crippen molar-refractivity contribution in [2.45, 2.75) is 253 Å². The minimum atomic E-state index is -4.51. The molecule has 3 aliphatic heterocycles. The van der Waals surface area contributed by atoms with Crippen molar-refractivity contribution < 1.29 is 75.4 Å². The molecule has 7 aliphatic rings. The maximum absolute atomic E-state index is 15.8. The Kier molecular flexibility index (Phi) is 30.4.